The van der Waals surface area contributed by atoms with Gasteiger partial charge in [0.25, 0.3) is 11.8 Å². The second kappa shape index (κ2) is 9.21. The first kappa shape index (κ1) is 19.7. The number of amides is 2. The van der Waals surface area contributed by atoms with Crippen LogP contribution in [0, 0.1) is 0 Å². The highest BCUT2D eigenvalue weighted by Gasteiger charge is 2.19. The largest absolute Gasteiger partial charge is 0.449 e. The van der Waals surface area contributed by atoms with E-state index in [0.717, 1.165) is 21.8 Å². The summed E-state index contributed by atoms with van der Waals surface area (Å²) in [6.07, 6.45) is 3.84. The number of esters is 1. The average molecular weight is 390 g/mol. The van der Waals surface area contributed by atoms with Gasteiger partial charge in [-0.15, -0.1) is 23.1 Å². The minimum absolute atomic E-state index is 0.218. The quantitative estimate of drug-likeness (QED) is 0.430. The summed E-state index contributed by atoms with van der Waals surface area (Å²) in [6.45, 7) is 1.45. The number of hydrogen-bond acceptors (Lipinski definition) is 6. The van der Waals surface area contributed by atoms with Gasteiger partial charge in [0, 0.05) is 11.0 Å². The van der Waals surface area contributed by atoms with Crippen LogP contribution in [-0.2, 0) is 14.3 Å². The Bertz CT molecular complexity index is 828. The maximum atomic E-state index is 12.1. The first-order valence-electron chi connectivity index (χ1n) is 7.61. The molecule has 0 aliphatic heterocycles. The summed E-state index contributed by atoms with van der Waals surface area (Å²) in [6, 6.07) is 9.18. The smallest absolute Gasteiger partial charge is 0.331 e. The highest BCUT2D eigenvalue weighted by molar-refractivity contribution is 7.98. The Balaban J connectivity index is 1.90. The minimum Gasteiger partial charge on any atom is -0.449 e. The SMILES string of the molecule is CSc1ccc(/C=C/C(=O)O[C@@H](C)C(=O)Nc2sccc2C(N)=O)cc1. The van der Waals surface area contributed by atoms with Crippen molar-refractivity contribution in [2.24, 2.45) is 5.73 Å². The zero-order valence-corrected chi connectivity index (χ0v) is 15.9. The molecular weight excluding hydrogens is 372 g/mol. The van der Waals surface area contributed by atoms with Gasteiger partial charge in [0.1, 0.15) is 5.00 Å². The summed E-state index contributed by atoms with van der Waals surface area (Å²) >= 11 is 2.79. The topological polar surface area (TPSA) is 98.5 Å². The molecule has 0 saturated heterocycles. The summed E-state index contributed by atoms with van der Waals surface area (Å²) in [5, 5.41) is 4.50. The van der Waals surface area contributed by atoms with Crippen LogP contribution in [0.4, 0.5) is 5.00 Å². The normalized spacial score (nSPS) is 11.9. The monoisotopic (exact) mass is 390 g/mol. The number of nitrogens with two attached hydrogens (primary N) is 1. The third-order valence-corrected chi connectivity index (χ3v) is 4.93. The van der Waals surface area contributed by atoms with E-state index in [9.17, 15) is 14.4 Å². The van der Waals surface area contributed by atoms with E-state index in [4.69, 9.17) is 10.5 Å². The summed E-state index contributed by atoms with van der Waals surface area (Å²) in [7, 11) is 0. The Morgan fingerprint density at radius 1 is 1.23 bits per heavy atom. The zero-order valence-electron chi connectivity index (χ0n) is 14.2. The molecule has 8 heteroatoms. The maximum absolute atomic E-state index is 12.1. The van der Waals surface area contributed by atoms with Crippen LogP contribution in [0.3, 0.4) is 0 Å². The van der Waals surface area contributed by atoms with E-state index >= 15 is 0 Å². The van der Waals surface area contributed by atoms with Crippen molar-refractivity contribution in [2.45, 2.75) is 17.9 Å². The molecule has 6 nitrogen and oxygen atoms in total. The van der Waals surface area contributed by atoms with Gasteiger partial charge in [-0.2, -0.15) is 0 Å². The molecule has 0 aliphatic rings. The number of primary amides is 1. The molecule has 3 N–H and O–H groups in total. The molecule has 1 aromatic carbocycles. The van der Waals surface area contributed by atoms with Crippen LogP contribution in [0.15, 0.2) is 46.7 Å². The predicted molar refractivity (Wildman–Crippen MR) is 104 cm³/mol. The summed E-state index contributed by atoms with van der Waals surface area (Å²) in [5.41, 5.74) is 6.29. The molecule has 0 aliphatic carbocycles. The van der Waals surface area contributed by atoms with Gasteiger partial charge < -0.3 is 15.8 Å². The van der Waals surface area contributed by atoms with Gasteiger partial charge in [-0.1, -0.05) is 12.1 Å². The van der Waals surface area contributed by atoms with Gasteiger partial charge in [-0.25, -0.2) is 4.79 Å². The van der Waals surface area contributed by atoms with Crippen molar-refractivity contribution in [2.75, 3.05) is 11.6 Å². The first-order valence-corrected chi connectivity index (χ1v) is 9.72. The van der Waals surface area contributed by atoms with E-state index < -0.39 is 23.9 Å². The van der Waals surface area contributed by atoms with Crippen LogP contribution in [-0.4, -0.2) is 30.1 Å². The molecule has 2 aromatic rings. The van der Waals surface area contributed by atoms with Crippen molar-refractivity contribution < 1.29 is 19.1 Å². The molecule has 0 saturated carbocycles. The molecule has 0 bridgehead atoms. The number of benzene rings is 1. The van der Waals surface area contributed by atoms with Crippen LogP contribution in [0.5, 0.6) is 0 Å². The van der Waals surface area contributed by atoms with Gasteiger partial charge in [0.2, 0.25) is 0 Å². The molecule has 1 aromatic heterocycles. The highest BCUT2D eigenvalue weighted by Crippen LogP contribution is 2.23. The van der Waals surface area contributed by atoms with Crippen LogP contribution < -0.4 is 11.1 Å². The van der Waals surface area contributed by atoms with Crippen molar-refractivity contribution in [3.63, 3.8) is 0 Å². The molecule has 2 amide bonds. The summed E-state index contributed by atoms with van der Waals surface area (Å²) in [5.74, 6) is -1.81. The van der Waals surface area contributed by atoms with E-state index in [0.29, 0.717) is 5.00 Å². The Morgan fingerprint density at radius 3 is 2.54 bits per heavy atom. The number of ether oxygens (including phenoxy) is 1. The van der Waals surface area contributed by atoms with Crippen molar-refractivity contribution in [1.82, 2.24) is 0 Å². The minimum atomic E-state index is -1.02. The lowest BCUT2D eigenvalue weighted by Crippen LogP contribution is -2.29. The number of anilines is 1. The predicted octanol–water partition coefficient (Wildman–Crippen LogP) is 3.15. The average Bonchev–Trinajstić information content (AvgIpc) is 3.08. The van der Waals surface area contributed by atoms with Gasteiger partial charge in [0.15, 0.2) is 6.10 Å². The van der Waals surface area contributed by atoms with Crippen LogP contribution in [0.2, 0.25) is 0 Å². The fraction of sp³-hybridized carbons (Fsp3) is 0.167. The lowest BCUT2D eigenvalue weighted by atomic mass is 10.2. The standard InChI is InChI=1S/C18H18N2O4S2/c1-11(17(23)20-18-14(16(19)22)9-10-26-18)24-15(21)8-5-12-3-6-13(25-2)7-4-12/h3-11H,1-2H3,(H2,19,22)(H,20,23)/b8-5+/t11-/m0/s1. The molecule has 1 heterocycles. The molecule has 2 rings (SSSR count). The molecule has 26 heavy (non-hydrogen) atoms. The van der Waals surface area contributed by atoms with E-state index in [1.165, 1.54) is 19.1 Å². The van der Waals surface area contributed by atoms with E-state index in [-0.39, 0.29) is 5.56 Å². The van der Waals surface area contributed by atoms with Crippen LogP contribution >= 0.6 is 23.1 Å². The van der Waals surface area contributed by atoms with Crippen LogP contribution in [0.25, 0.3) is 6.08 Å². The van der Waals surface area contributed by atoms with Crippen LogP contribution in [0.1, 0.15) is 22.8 Å². The Labute approximate surface area is 159 Å². The third kappa shape index (κ3) is 5.47. The summed E-state index contributed by atoms with van der Waals surface area (Å²) < 4.78 is 5.07. The molecular formula is C18H18N2O4S2. The molecule has 0 spiro atoms. The lowest BCUT2D eigenvalue weighted by molar-refractivity contribution is -0.148. The Kier molecular flexibility index (Phi) is 6.99. The number of thiophene rings is 1. The Hall–Kier alpha value is -2.58. The van der Waals surface area contributed by atoms with Gasteiger partial charge in [-0.05, 0) is 48.4 Å². The van der Waals surface area contributed by atoms with Gasteiger partial charge >= 0.3 is 5.97 Å². The van der Waals surface area contributed by atoms with Crippen molar-refractivity contribution >= 4 is 52.0 Å². The molecule has 136 valence electrons. The van der Waals surface area contributed by atoms with E-state index in [1.54, 1.807) is 23.2 Å². The number of hydrogen-bond donors (Lipinski definition) is 2. The van der Waals surface area contributed by atoms with E-state index in [2.05, 4.69) is 5.32 Å². The maximum Gasteiger partial charge on any atom is 0.331 e. The molecule has 1 atom stereocenters. The second-order valence-electron chi connectivity index (χ2n) is 5.20. The van der Waals surface area contributed by atoms with Crippen molar-refractivity contribution in [3.05, 3.63) is 52.9 Å². The number of rotatable bonds is 7. The fourth-order valence-corrected chi connectivity index (χ4v) is 3.16. The number of carbonyl (C=O) groups is 3. The molecule has 0 fully saturated rings. The third-order valence-electron chi connectivity index (χ3n) is 3.36. The number of carbonyl (C=O) groups excluding carboxylic acids is 3. The first-order chi connectivity index (χ1) is 12.4. The molecule has 0 unspecified atom stereocenters. The number of nitrogens with one attached hydrogen (secondary N) is 1. The van der Waals surface area contributed by atoms with Gasteiger partial charge in [-0.3, -0.25) is 9.59 Å². The zero-order chi connectivity index (χ0) is 19.1. The highest BCUT2D eigenvalue weighted by atomic mass is 32.2. The molecule has 0 radical (unpaired) electrons. The van der Waals surface area contributed by atoms with Crippen molar-refractivity contribution in [3.8, 4) is 0 Å². The lowest BCUT2D eigenvalue weighted by Gasteiger charge is -2.12. The number of thioether (sulfide) groups is 1. The second-order valence-corrected chi connectivity index (χ2v) is 7.00. The van der Waals surface area contributed by atoms with Gasteiger partial charge in [0.05, 0.1) is 5.56 Å². The van der Waals surface area contributed by atoms with E-state index in [1.807, 2.05) is 30.5 Å². The summed E-state index contributed by atoms with van der Waals surface area (Å²) in [4.78, 5) is 36.4. The fourth-order valence-electron chi connectivity index (χ4n) is 1.96. The Morgan fingerprint density at radius 2 is 1.92 bits per heavy atom. The van der Waals surface area contributed by atoms with Crippen molar-refractivity contribution in [1.29, 1.82) is 0 Å².